The molecule has 0 atom stereocenters. The molecule has 128 valence electrons. The Hall–Kier alpha value is -2.22. The average Bonchev–Trinajstić information content (AvgIpc) is 2.65. The number of hydrogen-bond acceptors (Lipinski definition) is 2. The minimum Gasteiger partial charge on any atom is -0.497 e. The molecule has 0 N–H and O–H groups in total. The zero-order chi connectivity index (χ0) is 17.0. The lowest BCUT2D eigenvalue weighted by Crippen LogP contribution is -2.24. The molecule has 0 saturated heterocycles. The second kappa shape index (κ2) is 10.5. The van der Waals surface area contributed by atoms with Gasteiger partial charge in [0.1, 0.15) is 5.75 Å². The van der Waals surface area contributed by atoms with Crippen LogP contribution in [0, 0.1) is 0 Å². The predicted octanol–water partition coefficient (Wildman–Crippen LogP) is 5.80. The predicted molar refractivity (Wildman–Crippen MR) is 105 cm³/mol. The third-order valence-electron chi connectivity index (χ3n) is 4.15. The summed E-state index contributed by atoms with van der Waals surface area (Å²) in [5.74, 6) is 0.907. The van der Waals surface area contributed by atoms with Crippen molar-refractivity contribution in [3.8, 4) is 5.75 Å². The van der Waals surface area contributed by atoms with Crippen molar-refractivity contribution in [1.29, 1.82) is 0 Å². The Balaban J connectivity index is 1.99. The number of hydrogen-bond donors (Lipinski definition) is 0. The lowest BCUT2D eigenvalue weighted by atomic mass is 10.1. The van der Waals surface area contributed by atoms with E-state index in [-0.39, 0.29) is 0 Å². The van der Waals surface area contributed by atoms with Gasteiger partial charge in [-0.1, -0.05) is 68.7 Å². The van der Waals surface area contributed by atoms with Crippen LogP contribution in [0.3, 0.4) is 0 Å². The number of rotatable bonds is 10. The highest BCUT2D eigenvalue weighted by Crippen LogP contribution is 2.20. The molecule has 0 heterocycles. The van der Waals surface area contributed by atoms with E-state index in [1.807, 2.05) is 12.1 Å². The van der Waals surface area contributed by atoms with Crippen LogP contribution in [0.5, 0.6) is 5.75 Å². The molecule has 2 aromatic carbocycles. The molecular weight excluding hydrogens is 294 g/mol. The van der Waals surface area contributed by atoms with E-state index in [2.05, 4.69) is 66.4 Å². The first-order valence-electron chi connectivity index (χ1n) is 8.94. The average molecular weight is 323 g/mol. The van der Waals surface area contributed by atoms with Crippen molar-refractivity contribution < 1.29 is 4.74 Å². The summed E-state index contributed by atoms with van der Waals surface area (Å²) in [7, 11) is 1.71. The Morgan fingerprint density at radius 3 is 2.33 bits per heavy atom. The number of methoxy groups -OCH3 is 1. The summed E-state index contributed by atoms with van der Waals surface area (Å²) in [5, 5.41) is 0. The summed E-state index contributed by atoms with van der Waals surface area (Å²) in [6.45, 7) is 4.27. The molecule has 2 aromatic rings. The van der Waals surface area contributed by atoms with E-state index < -0.39 is 0 Å². The van der Waals surface area contributed by atoms with Crippen LogP contribution in [0.2, 0.25) is 0 Å². The summed E-state index contributed by atoms with van der Waals surface area (Å²) < 4.78 is 5.27. The van der Waals surface area contributed by atoms with Gasteiger partial charge in [-0.05, 0) is 36.2 Å². The van der Waals surface area contributed by atoms with Gasteiger partial charge in [0.2, 0.25) is 0 Å². The van der Waals surface area contributed by atoms with E-state index in [0.29, 0.717) is 0 Å². The Kier molecular flexibility index (Phi) is 7.96. The van der Waals surface area contributed by atoms with Crippen LogP contribution in [0.25, 0.3) is 6.08 Å². The van der Waals surface area contributed by atoms with Crippen LogP contribution in [-0.2, 0) is 0 Å². The van der Waals surface area contributed by atoms with Crippen molar-refractivity contribution in [2.45, 2.75) is 32.6 Å². The van der Waals surface area contributed by atoms with Crippen LogP contribution >= 0.6 is 0 Å². The monoisotopic (exact) mass is 323 g/mol. The van der Waals surface area contributed by atoms with E-state index in [1.54, 1.807) is 7.11 Å². The van der Waals surface area contributed by atoms with Gasteiger partial charge in [-0.3, -0.25) is 0 Å². The molecule has 0 saturated carbocycles. The smallest absolute Gasteiger partial charge is 0.119 e. The van der Waals surface area contributed by atoms with Gasteiger partial charge in [-0.15, -0.1) is 0 Å². The van der Waals surface area contributed by atoms with Gasteiger partial charge in [-0.2, -0.15) is 0 Å². The minimum absolute atomic E-state index is 0.907. The van der Waals surface area contributed by atoms with Crippen LogP contribution in [0.4, 0.5) is 5.69 Å². The third-order valence-corrected chi connectivity index (χ3v) is 4.15. The van der Waals surface area contributed by atoms with Gasteiger partial charge >= 0.3 is 0 Å². The van der Waals surface area contributed by atoms with Gasteiger partial charge < -0.3 is 9.64 Å². The Morgan fingerprint density at radius 2 is 1.67 bits per heavy atom. The molecule has 0 aromatic heterocycles. The lowest BCUT2D eigenvalue weighted by molar-refractivity contribution is 0.415. The Labute approximate surface area is 146 Å². The number of nitrogens with zero attached hydrogens (tertiary/aromatic N) is 1. The number of unbranched alkanes of at least 4 members (excludes halogenated alkanes) is 3. The second-order valence-corrected chi connectivity index (χ2v) is 6.02. The van der Waals surface area contributed by atoms with Gasteiger partial charge in [0.05, 0.1) is 7.11 Å². The van der Waals surface area contributed by atoms with E-state index in [9.17, 15) is 0 Å². The Morgan fingerprint density at radius 1 is 0.917 bits per heavy atom. The summed E-state index contributed by atoms with van der Waals surface area (Å²) in [6, 6.07) is 18.8. The summed E-state index contributed by atoms with van der Waals surface area (Å²) in [5.41, 5.74) is 2.50. The van der Waals surface area contributed by atoms with Crippen molar-refractivity contribution in [1.82, 2.24) is 0 Å². The molecule has 24 heavy (non-hydrogen) atoms. The van der Waals surface area contributed by atoms with E-state index in [1.165, 1.54) is 36.9 Å². The van der Waals surface area contributed by atoms with Crippen LogP contribution in [-0.4, -0.2) is 20.2 Å². The molecule has 0 unspecified atom stereocenters. The van der Waals surface area contributed by atoms with Gasteiger partial charge in [-0.25, -0.2) is 0 Å². The highest BCUT2D eigenvalue weighted by atomic mass is 16.5. The molecule has 0 aliphatic rings. The topological polar surface area (TPSA) is 12.5 Å². The van der Waals surface area contributed by atoms with Gasteiger partial charge in [0, 0.05) is 18.8 Å². The highest BCUT2D eigenvalue weighted by Gasteiger charge is 2.05. The molecule has 0 bridgehead atoms. The molecule has 2 heteroatoms. The number of anilines is 1. The summed E-state index contributed by atoms with van der Waals surface area (Å²) in [6.07, 6.45) is 9.57. The molecule has 2 nitrogen and oxygen atoms in total. The van der Waals surface area contributed by atoms with E-state index in [4.69, 9.17) is 4.74 Å². The highest BCUT2D eigenvalue weighted by molar-refractivity contribution is 5.53. The molecule has 0 spiro atoms. The van der Waals surface area contributed by atoms with Gasteiger partial charge in [0.25, 0.3) is 0 Å². The summed E-state index contributed by atoms with van der Waals surface area (Å²) >= 11 is 0. The van der Waals surface area contributed by atoms with Crippen LogP contribution in [0.15, 0.2) is 60.7 Å². The zero-order valence-electron chi connectivity index (χ0n) is 14.9. The second-order valence-electron chi connectivity index (χ2n) is 6.02. The van der Waals surface area contributed by atoms with E-state index >= 15 is 0 Å². The molecule has 0 aliphatic carbocycles. The normalized spacial score (nSPS) is 10.9. The maximum absolute atomic E-state index is 5.27. The standard InChI is InChI=1S/C22H29NO/c1-3-4-5-9-18-23(21-14-16-22(24-2)17-15-21)19-10-13-20-11-7-6-8-12-20/h6-8,10-17H,3-5,9,18-19H2,1-2H3/b13-10+. The Bertz CT molecular complexity index is 589. The fourth-order valence-corrected chi connectivity index (χ4v) is 2.73. The number of ether oxygens (including phenoxy) is 1. The molecule has 0 amide bonds. The molecule has 0 radical (unpaired) electrons. The molecule has 2 rings (SSSR count). The first-order chi connectivity index (χ1) is 11.8. The quantitative estimate of drug-likeness (QED) is 0.513. The molecular formula is C22H29NO. The minimum atomic E-state index is 0.907. The van der Waals surface area contributed by atoms with Crippen molar-refractivity contribution in [2.75, 3.05) is 25.1 Å². The van der Waals surface area contributed by atoms with Crippen LogP contribution in [0.1, 0.15) is 38.2 Å². The fraction of sp³-hybridized carbons (Fsp3) is 0.364. The maximum atomic E-state index is 5.27. The van der Waals surface area contributed by atoms with Crippen molar-refractivity contribution in [2.24, 2.45) is 0 Å². The first-order valence-corrected chi connectivity index (χ1v) is 8.94. The lowest BCUT2D eigenvalue weighted by Gasteiger charge is -2.23. The van der Waals surface area contributed by atoms with Gasteiger partial charge in [0.15, 0.2) is 0 Å². The number of benzene rings is 2. The summed E-state index contributed by atoms with van der Waals surface area (Å²) in [4.78, 5) is 2.44. The van der Waals surface area contributed by atoms with Crippen molar-refractivity contribution >= 4 is 11.8 Å². The SMILES string of the molecule is CCCCCCN(C/C=C/c1ccccc1)c1ccc(OC)cc1. The molecule has 0 aliphatic heterocycles. The molecule has 0 fully saturated rings. The van der Waals surface area contributed by atoms with E-state index in [0.717, 1.165) is 18.8 Å². The van der Waals surface area contributed by atoms with Crippen molar-refractivity contribution in [3.63, 3.8) is 0 Å². The van der Waals surface area contributed by atoms with Crippen LogP contribution < -0.4 is 9.64 Å². The first kappa shape index (κ1) is 18.1. The third kappa shape index (κ3) is 6.11. The fourth-order valence-electron chi connectivity index (χ4n) is 2.73. The largest absolute Gasteiger partial charge is 0.497 e. The zero-order valence-corrected chi connectivity index (χ0v) is 14.9. The van der Waals surface area contributed by atoms with Crippen molar-refractivity contribution in [3.05, 3.63) is 66.2 Å². The maximum Gasteiger partial charge on any atom is 0.119 e.